The lowest BCUT2D eigenvalue weighted by atomic mass is 10.0. The molecule has 0 bridgehead atoms. The fraction of sp³-hybridized carbons (Fsp3) is 0.318. The van der Waals surface area contributed by atoms with Crippen molar-refractivity contribution >= 4 is 26.6 Å². The molecule has 1 aliphatic heterocycles. The zero-order valence-electron chi connectivity index (χ0n) is 16.5. The monoisotopic (exact) mass is 432 g/mol. The van der Waals surface area contributed by atoms with Crippen LogP contribution in [0.3, 0.4) is 0 Å². The van der Waals surface area contributed by atoms with Crippen LogP contribution >= 0.6 is 0 Å². The largest absolute Gasteiger partial charge is 0.354 e. The molecule has 8 heteroatoms. The van der Waals surface area contributed by atoms with Gasteiger partial charge in [-0.15, -0.1) is 0 Å². The maximum atomic E-state index is 13.9. The maximum Gasteiger partial charge on any atom is 0.222 e. The number of nitrogens with one attached hydrogen (secondary N) is 1. The van der Waals surface area contributed by atoms with Crippen molar-refractivity contribution in [2.45, 2.75) is 25.3 Å². The summed E-state index contributed by atoms with van der Waals surface area (Å²) in [4.78, 5) is 17.5. The second-order valence-corrected chi connectivity index (χ2v) is 9.97. The molecule has 0 spiro atoms. The van der Waals surface area contributed by atoms with E-state index in [0.29, 0.717) is 18.2 Å². The number of aromatic amines is 1. The zero-order valence-corrected chi connectivity index (χ0v) is 17.3. The molecular formula is C22H22F2N2O3S. The minimum atomic E-state index is -3.08. The summed E-state index contributed by atoms with van der Waals surface area (Å²) in [5.41, 5.74) is 2.96. The van der Waals surface area contributed by atoms with Crippen LogP contribution in [0.25, 0.3) is 22.2 Å². The van der Waals surface area contributed by atoms with Gasteiger partial charge < -0.3 is 9.88 Å². The van der Waals surface area contributed by atoms with E-state index in [1.165, 1.54) is 29.2 Å². The number of benzene rings is 2. The molecule has 1 aliphatic rings. The molecule has 158 valence electrons. The average molecular weight is 432 g/mol. The third-order valence-electron chi connectivity index (χ3n) is 5.74. The van der Waals surface area contributed by atoms with Crippen LogP contribution in [-0.4, -0.2) is 48.8 Å². The molecule has 2 heterocycles. The van der Waals surface area contributed by atoms with E-state index >= 15 is 0 Å². The average Bonchev–Trinajstić information content (AvgIpc) is 3.25. The van der Waals surface area contributed by atoms with Gasteiger partial charge in [0.1, 0.15) is 11.6 Å². The lowest BCUT2D eigenvalue weighted by Gasteiger charge is -2.23. The summed E-state index contributed by atoms with van der Waals surface area (Å²) in [6, 6.07) is 10.1. The highest BCUT2D eigenvalue weighted by Gasteiger charge is 2.32. The topological polar surface area (TPSA) is 70.2 Å². The van der Waals surface area contributed by atoms with Crippen LogP contribution in [-0.2, 0) is 21.1 Å². The summed E-state index contributed by atoms with van der Waals surface area (Å²) in [5.74, 6) is -0.799. The number of rotatable bonds is 5. The Morgan fingerprint density at radius 3 is 2.50 bits per heavy atom. The van der Waals surface area contributed by atoms with Gasteiger partial charge in [0.2, 0.25) is 5.91 Å². The van der Waals surface area contributed by atoms with E-state index in [-0.39, 0.29) is 41.5 Å². The molecule has 3 aromatic rings. The number of aryl methyl sites for hydroxylation is 1. The van der Waals surface area contributed by atoms with Gasteiger partial charge in [0.05, 0.1) is 11.5 Å². The molecule has 1 amide bonds. The van der Waals surface area contributed by atoms with Crippen LogP contribution in [0, 0.1) is 11.6 Å². The molecule has 4 rings (SSSR count). The Labute approximate surface area is 173 Å². The van der Waals surface area contributed by atoms with Gasteiger partial charge in [0, 0.05) is 36.1 Å². The van der Waals surface area contributed by atoms with Crippen LogP contribution in [0.5, 0.6) is 0 Å². The van der Waals surface area contributed by atoms with Crippen molar-refractivity contribution in [1.82, 2.24) is 9.88 Å². The zero-order chi connectivity index (χ0) is 21.5. The molecule has 0 unspecified atom stereocenters. The van der Waals surface area contributed by atoms with E-state index in [9.17, 15) is 22.0 Å². The van der Waals surface area contributed by atoms with Gasteiger partial charge in [-0.3, -0.25) is 4.79 Å². The molecule has 1 N–H and O–H groups in total. The van der Waals surface area contributed by atoms with Gasteiger partial charge in [-0.2, -0.15) is 0 Å². The number of hydrogen-bond donors (Lipinski definition) is 1. The number of H-pyrrole nitrogens is 1. The van der Waals surface area contributed by atoms with Crippen LogP contribution in [0.4, 0.5) is 8.78 Å². The smallest absolute Gasteiger partial charge is 0.222 e. The lowest BCUT2D eigenvalue weighted by molar-refractivity contribution is -0.131. The number of nitrogens with zero attached hydrogens (tertiary/aromatic N) is 1. The van der Waals surface area contributed by atoms with Crippen LogP contribution in [0.2, 0.25) is 0 Å². The van der Waals surface area contributed by atoms with Gasteiger partial charge >= 0.3 is 0 Å². The summed E-state index contributed by atoms with van der Waals surface area (Å²) in [7, 11) is -1.45. The molecule has 1 saturated heterocycles. The van der Waals surface area contributed by atoms with E-state index < -0.39 is 9.84 Å². The Kier molecular flexibility index (Phi) is 5.36. The second-order valence-electron chi connectivity index (χ2n) is 7.74. The van der Waals surface area contributed by atoms with Crippen molar-refractivity contribution < 1.29 is 22.0 Å². The van der Waals surface area contributed by atoms with Crippen molar-refractivity contribution in [3.8, 4) is 11.3 Å². The number of halogens is 2. The third kappa shape index (κ3) is 4.09. The van der Waals surface area contributed by atoms with Crippen LogP contribution in [0.1, 0.15) is 18.4 Å². The Morgan fingerprint density at radius 1 is 1.13 bits per heavy atom. The van der Waals surface area contributed by atoms with E-state index in [1.54, 1.807) is 25.2 Å². The predicted molar refractivity (Wildman–Crippen MR) is 112 cm³/mol. The predicted octanol–water partition coefficient (Wildman–Crippen LogP) is 3.69. The number of amides is 1. The highest BCUT2D eigenvalue weighted by Crippen LogP contribution is 2.32. The first-order valence-electron chi connectivity index (χ1n) is 9.75. The van der Waals surface area contributed by atoms with Gasteiger partial charge in [-0.05, 0) is 66.4 Å². The highest BCUT2D eigenvalue weighted by molar-refractivity contribution is 7.91. The molecule has 1 fully saturated rings. The Hall–Kier alpha value is -2.74. The number of aromatic nitrogens is 1. The standard InChI is InChI=1S/C22H22F2N2O3S/c1-26(17-10-11-30(28,29)13-17)21(27)9-7-18-19-12-16(24)6-8-20(19)25-22(18)14-2-4-15(23)5-3-14/h2-6,8,12,17,25H,7,9-11,13H2,1H3/t17-/m0/s1. The Balaban J connectivity index is 1.61. The molecular weight excluding hydrogens is 410 g/mol. The van der Waals surface area contributed by atoms with Crippen molar-refractivity contribution in [3.05, 3.63) is 59.7 Å². The molecule has 0 aliphatic carbocycles. The number of carbonyl (C=O) groups is 1. The summed E-state index contributed by atoms with van der Waals surface area (Å²) in [6.45, 7) is 0. The first-order valence-corrected chi connectivity index (χ1v) is 11.6. The lowest BCUT2D eigenvalue weighted by Crippen LogP contribution is -2.37. The van der Waals surface area contributed by atoms with Gasteiger partial charge in [-0.1, -0.05) is 0 Å². The first-order chi connectivity index (χ1) is 14.2. The molecule has 2 aromatic carbocycles. The van der Waals surface area contributed by atoms with Crippen molar-refractivity contribution in [3.63, 3.8) is 0 Å². The van der Waals surface area contributed by atoms with Gasteiger partial charge in [-0.25, -0.2) is 17.2 Å². The number of hydrogen-bond acceptors (Lipinski definition) is 3. The molecule has 1 atom stereocenters. The van der Waals surface area contributed by atoms with E-state index in [0.717, 1.165) is 22.3 Å². The SMILES string of the molecule is CN(C(=O)CCc1c(-c2ccc(F)cc2)[nH]c2ccc(F)cc12)[C@H]1CCS(=O)(=O)C1. The summed E-state index contributed by atoms with van der Waals surface area (Å²) >= 11 is 0. The minimum Gasteiger partial charge on any atom is -0.354 e. The minimum absolute atomic E-state index is 0.00559. The first kappa shape index (κ1) is 20.5. The number of carbonyl (C=O) groups excluding carboxylic acids is 1. The van der Waals surface area contributed by atoms with E-state index in [4.69, 9.17) is 0 Å². The molecule has 5 nitrogen and oxygen atoms in total. The number of sulfone groups is 1. The van der Waals surface area contributed by atoms with Gasteiger partial charge in [0.25, 0.3) is 0 Å². The van der Waals surface area contributed by atoms with Crippen LogP contribution < -0.4 is 0 Å². The fourth-order valence-corrected chi connectivity index (χ4v) is 5.81. The van der Waals surface area contributed by atoms with E-state index in [2.05, 4.69) is 4.98 Å². The molecule has 0 saturated carbocycles. The van der Waals surface area contributed by atoms with Crippen molar-refractivity contribution in [2.24, 2.45) is 0 Å². The molecule has 30 heavy (non-hydrogen) atoms. The van der Waals surface area contributed by atoms with Gasteiger partial charge in [0.15, 0.2) is 9.84 Å². The fourth-order valence-electron chi connectivity index (χ4n) is 4.04. The normalized spacial score (nSPS) is 18.0. The Bertz CT molecular complexity index is 1200. The van der Waals surface area contributed by atoms with E-state index in [1.807, 2.05) is 0 Å². The number of fused-ring (bicyclic) bond motifs is 1. The second kappa shape index (κ2) is 7.83. The summed E-state index contributed by atoms with van der Waals surface area (Å²) in [5, 5.41) is 0.674. The quantitative estimate of drug-likeness (QED) is 0.669. The van der Waals surface area contributed by atoms with Crippen LogP contribution in [0.15, 0.2) is 42.5 Å². The summed E-state index contributed by atoms with van der Waals surface area (Å²) in [6.07, 6.45) is 0.952. The third-order valence-corrected chi connectivity index (χ3v) is 7.49. The maximum absolute atomic E-state index is 13.9. The molecule has 0 radical (unpaired) electrons. The van der Waals surface area contributed by atoms with Crippen molar-refractivity contribution in [2.75, 3.05) is 18.6 Å². The molecule has 1 aromatic heterocycles. The highest BCUT2D eigenvalue weighted by atomic mass is 32.2. The Morgan fingerprint density at radius 2 is 1.83 bits per heavy atom. The van der Waals surface area contributed by atoms with Crippen molar-refractivity contribution in [1.29, 1.82) is 0 Å². The summed E-state index contributed by atoms with van der Waals surface area (Å²) < 4.78 is 50.7.